The van der Waals surface area contributed by atoms with E-state index in [1.54, 1.807) is 0 Å². The van der Waals surface area contributed by atoms with Crippen LogP contribution in [0.15, 0.2) is 18.2 Å². The largest absolute Gasteiger partial charge is 0.379 e. The highest BCUT2D eigenvalue weighted by Gasteiger charge is 2.26. The number of rotatable bonds is 6. The highest BCUT2D eigenvalue weighted by molar-refractivity contribution is 6.35. The van der Waals surface area contributed by atoms with E-state index < -0.39 is 11.8 Å². The third-order valence-electron chi connectivity index (χ3n) is 5.66. The van der Waals surface area contributed by atoms with Gasteiger partial charge in [-0.15, -0.1) is 0 Å². The molecule has 0 radical (unpaired) electrons. The van der Waals surface area contributed by atoms with Crippen molar-refractivity contribution in [1.82, 2.24) is 15.5 Å². The number of nitrogens with zero attached hydrogens (tertiary/aromatic N) is 2. The van der Waals surface area contributed by atoms with Gasteiger partial charge < -0.3 is 20.3 Å². The summed E-state index contributed by atoms with van der Waals surface area (Å²) in [5.41, 5.74) is 3.83. The lowest BCUT2D eigenvalue weighted by Crippen LogP contribution is -2.47. The Morgan fingerprint density at radius 1 is 1.07 bits per heavy atom. The van der Waals surface area contributed by atoms with Crippen LogP contribution in [0.25, 0.3) is 0 Å². The van der Waals surface area contributed by atoms with E-state index in [9.17, 15) is 9.59 Å². The molecule has 1 aromatic carbocycles. The summed E-state index contributed by atoms with van der Waals surface area (Å²) < 4.78 is 5.51. The summed E-state index contributed by atoms with van der Waals surface area (Å²) in [6, 6.07) is 6.65. The van der Waals surface area contributed by atoms with Crippen molar-refractivity contribution in [2.45, 2.75) is 32.7 Å². The average Bonchev–Trinajstić information content (AvgIpc) is 2.73. The lowest BCUT2D eigenvalue weighted by Gasteiger charge is -2.36. The number of benzene rings is 1. The minimum absolute atomic E-state index is 0.0262. The number of fused-ring (bicyclic) bond motifs is 1. The zero-order valence-electron chi connectivity index (χ0n) is 17.9. The first-order chi connectivity index (χ1) is 14.0. The number of anilines is 1. The Balaban J connectivity index is 1.72. The number of hydrogen-bond acceptors (Lipinski definition) is 5. The Kier molecular flexibility index (Phi) is 7.50. The van der Waals surface area contributed by atoms with E-state index in [-0.39, 0.29) is 6.04 Å². The molecule has 0 saturated carbocycles. The molecule has 2 heterocycles. The first kappa shape index (κ1) is 21.6. The van der Waals surface area contributed by atoms with E-state index in [1.165, 1.54) is 16.8 Å². The summed E-state index contributed by atoms with van der Waals surface area (Å²) in [6.07, 6.45) is 2.23. The topological polar surface area (TPSA) is 73.9 Å². The zero-order valence-corrected chi connectivity index (χ0v) is 17.9. The number of aryl methyl sites for hydroxylation is 1. The molecule has 2 amide bonds. The van der Waals surface area contributed by atoms with Gasteiger partial charge >= 0.3 is 11.8 Å². The Morgan fingerprint density at radius 2 is 1.76 bits per heavy atom. The van der Waals surface area contributed by atoms with Gasteiger partial charge in [0.1, 0.15) is 0 Å². The molecule has 0 aromatic heterocycles. The Morgan fingerprint density at radius 3 is 2.45 bits per heavy atom. The van der Waals surface area contributed by atoms with E-state index in [4.69, 9.17) is 4.74 Å². The summed E-state index contributed by atoms with van der Waals surface area (Å²) in [7, 11) is 2.13. The Bertz CT molecular complexity index is 716. The number of morpholine rings is 1. The molecule has 2 N–H and O–H groups in total. The molecule has 3 rings (SSSR count). The number of carbonyl (C=O) groups is 2. The van der Waals surface area contributed by atoms with Gasteiger partial charge in [-0.05, 0) is 36.0 Å². The second-order valence-corrected chi connectivity index (χ2v) is 8.39. The molecule has 0 aliphatic carbocycles. The first-order valence-electron chi connectivity index (χ1n) is 10.7. The molecule has 29 heavy (non-hydrogen) atoms. The van der Waals surface area contributed by atoms with Crippen LogP contribution in [0.1, 0.15) is 37.4 Å². The van der Waals surface area contributed by atoms with Crippen molar-refractivity contribution in [2.24, 2.45) is 5.92 Å². The standard InChI is InChI=1S/C22H34N4O3/c1-16(2)14-23-21(27)22(28)24-15-20(26-9-11-29-12-10-26)18-6-7-19-17(13-18)5-4-8-25(19)3/h6-7,13,16,20H,4-5,8-12,14-15H2,1-3H3,(H,23,27)(H,24,28)/t20-/m1/s1. The minimum atomic E-state index is -0.568. The fourth-order valence-corrected chi connectivity index (χ4v) is 4.01. The van der Waals surface area contributed by atoms with Gasteiger partial charge in [-0.1, -0.05) is 26.0 Å². The van der Waals surface area contributed by atoms with Crippen LogP contribution >= 0.6 is 0 Å². The lowest BCUT2D eigenvalue weighted by atomic mass is 9.95. The van der Waals surface area contributed by atoms with Crippen molar-refractivity contribution in [1.29, 1.82) is 0 Å². The number of amides is 2. The predicted octanol–water partition coefficient (Wildman–Crippen LogP) is 1.33. The molecule has 2 aliphatic rings. The predicted molar refractivity (Wildman–Crippen MR) is 114 cm³/mol. The molecule has 0 spiro atoms. The van der Waals surface area contributed by atoms with E-state index in [2.05, 4.69) is 45.7 Å². The van der Waals surface area contributed by atoms with E-state index in [0.29, 0.717) is 32.2 Å². The van der Waals surface area contributed by atoms with Gasteiger partial charge in [0.15, 0.2) is 0 Å². The number of carbonyl (C=O) groups excluding carboxylic acids is 2. The van der Waals surface area contributed by atoms with Gasteiger partial charge in [0, 0.05) is 45.5 Å². The maximum absolute atomic E-state index is 12.3. The van der Waals surface area contributed by atoms with Crippen LogP contribution < -0.4 is 15.5 Å². The van der Waals surface area contributed by atoms with Gasteiger partial charge in [0.05, 0.1) is 19.3 Å². The van der Waals surface area contributed by atoms with E-state index in [1.807, 2.05) is 13.8 Å². The quantitative estimate of drug-likeness (QED) is 0.703. The smallest absolute Gasteiger partial charge is 0.309 e. The first-order valence-corrected chi connectivity index (χ1v) is 10.7. The molecular weight excluding hydrogens is 368 g/mol. The highest BCUT2D eigenvalue weighted by Crippen LogP contribution is 2.30. The molecule has 0 bridgehead atoms. The van der Waals surface area contributed by atoms with Crippen LogP contribution in [0.3, 0.4) is 0 Å². The summed E-state index contributed by atoms with van der Waals surface area (Å²) in [4.78, 5) is 29.0. The Labute approximate surface area is 173 Å². The maximum atomic E-state index is 12.3. The van der Waals surface area contributed by atoms with Crippen LogP contribution in [0, 0.1) is 5.92 Å². The van der Waals surface area contributed by atoms with E-state index in [0.717, 1.165) is 32.5 Å². The molecule has 7 nitrogen and oxygen atoms in total. The van der Waals surface area contributed by atoms with Crippen LogP contribution in [0.4, 0.5) is 5.69 Å². The monoisotopic (exact) mass is 402 g/mol. The van der Waals surface area contributed by atoms with Gasteiger partial charge in [-0.2, -0.15) is 0 Å². The molecule has 160 valence electrons. The van der Waals surface area contributed by atoms with Crippen LogP contribution in [0.5, 0.6) is 0 Å². The summed E-state index contributed by atoms with van der Waals surface area (Å²) in [5.74, 6) is -0.824. The van der Waals surface area contributed by atoms with E-state index >= 15 is 0 Å². The van der Waals surface area contributed by atoms with Crippen molar-refractivity contribution < 1.29 is 14.3 Å². The van der Waals surface area contributed by atoms with Gasteiger partial charge in [0.2, 0.25) is 0 Å². The summed E-state index contributed by atoms with van der Waals surface area (Å²) >= 11 is 0. The van der Waals surface area contributed by atoms with Gasteiger partial charge in [-0.25, -0.2) is 0 Å². The maximum Gasteiger partial charge on any atom is 0.309 e. The fraction of sp³-hybridized carbons (Fsp3) is 0.636. The fourth-order valence-electron chi connectivity index (χ4n) is 4.01. The van der Waals surface area contributed by atoms with Gasteiger partial charge in [0.25, 0.3) is 0 Å². The van der Waals surface area contributed by atoms with Crippen molar-refractivity contribution in [3.05, 3.63) is 29.3 Å². The Hall–Kier alpha value is -2.12. The number of hydrogen-bond donors (Lipinski definition) is 2. The lowest BCUT2D eigenvalue weighted by molar-refractivity contribution is -0.139. The van der Waals surface area contributed by atoms with Crippen molar-refractivity contribution in [3.63, 3.8) is 0 Å². The van der Waals surface area contributed by atoms with Crippen molar-refractivity contribution in [2.75, 3.05) is 57.9 Å². The van der Waals surface area contributed by atoms with Gasteiger partial charge in [-0.3, -0.25) is 14.5 Å². The third-order valence-corrected chi connectivity index (χ3v) is 5.66. The zero-order chi connectivity index (χ0) is 20.8. The molecule has 1 aromatic rings. The molecule has 2 aliphatic heterocycles. The summed E-state index contributed by atoms with van der Waals surface area (Å²) in [6.45, 7) is 9.00. The number of nitrogens with one attached hydrogen (secondary N) is 2. The molecular formula is C22H34N4O3. The second kappa shape index (κ2) is 10.1. The molecule has 1 atom stereocenters. The molecule has 7 heteroatoms. The SMILES string of the molecule is CC(C)CNC(=O)C(=O)NC[C@H](c1ccc2c(c1)CCCN2C)N1CCOCC1. The average molecular weight is 403 g/mol. The minimum Gasteiger partial charge on any atom is -0.379 e. The molecule has 1 fully saturated rings. The third kappa shape index (κ3) is 5.70. The molecule has 0 unspecified atom stereocenters. The van der Waals surface area contributed by atoms with Crippen LogP contribution in [-0.2, 0) is 20.7 Å². The van der Waals surface area contributed by atoms with Crippen molar-refractivity contribution in [3.8, 4) is 0 Å². The second-order valence-electron chi connectivity index (χ2n) is 8.39. The normalized spacial score (nSPS) is 18.3. The van der Waals surface area contributed by atoms with Crippen LogP contribution in [-0.4, -0.2) is 69.7 Å². The molecule has 1 saturated heterocycles. The van der Waals surface area contributed by atoms with Crippen LogP contribution in [0.2, 0.25) is 0 Å². The summed E-state index contributed by atoms with van der Waals surface area (Å²) in [5, 5.41) is 5.53. The van der Waals surface area contributed by atoms with Crippen molar-refractivity contribution >= 4 is 17.5 Å². The highest BCUT2D eigenvalue weighted by atomic mass is 16.5. The number of ether oxygens (including phenoxy) is 1.